The van der Waals surface area contributed by atoms with E-state index in [1.165, 1.54) is 44.1 Å². The monoisotopic (exact) mass is 292 g/mol. The molecule has 0 radical (unpaired) electrons. The van der Waals surface area contributed by atoms with E-state index in [-0.39, 0.29) is 0 Å². The number of likely N-dealkylation sites (tertiary alicyclic amines) is 1. The Kier molecular flexibility index (Phi) is 4.73. The third-order valence-corrected chi connectivity index (χ3v) is 5.06. The highest BCUT2D eigenvalue weighted by molar-refractivity contribution is 7.07. The molecule has 1 aromatic heterocycles. The first-order chi connectivity index (χ1) is 9.83. The molecule has 0 atom stereocenters. The molecule has 110 valence electrons. The predicted molar refractivity (Wildman–Crippen MR) is 82.8 cm³/mol. The van der Waals surface area contributed by atoms with Gasteiger partial charge in [0.25, 0.3) is 0 Å². The first-order valence-corrected chi connectivity index (χ1v) is 8.80. The summed E-state index contributed by atoms with van der Waals surface area (Å²) in [5.74, 6) is 0.342. The number of rotatable bonds is 5. The van der Waals surface area contributed by atoms with Gasteiger partial charge in [-0.15, -0.1) is 0 Å². The maximum atomic E-state index is 12.5. The largest absolute Gasteiger partial charge is 0.342 e. The molecule has 1 amide bonds. The molecule has 1 saturated carbocycles. The summed E-state index contributed by atoms with van der Waals surface area (Å²) >= 11 is 1.74. The van der Waals surface area contributed by atoms with Gasteiger partial charge in [-0.1, -0.05) is 12.8 Å². The second kappa shape index (κ2) is 6.72. The minimum absolute atomic E-state index is 0.342. The highest BCUT2D eigenvalue weighted by Crippen LogP contribution is 2.28. The molecule has 0 N–H and O–H groups in total. The summed E-state index contributed by atoms with van der Waals surface area (Å²) < 4.78 is 0. The molecule has 3 rings (SSSR count). The SMILES string of the molecule is O=C(CN(Cc1ccsc1)C1CC1)N1CCCCCC1. The van der Waals surface area contributed by atoms with Crippen LogP contribution in [0.4, 0.5) is 0 Å². The van der Waals surface area contributed by atoms with E-state index in [9.17, 15) is 4.79 Å². The van der Waals surface area contributed by atoms with Gasteiger partial charge in [-0.2, -0.15) is 11.3 Å². The topological polar surface area (TPSA) is 23.6 Å². The second-order valence-corrected chi connectivity index (χ2v) is 6.84. The highest BCUT2D eigenvalue weighted by Gasteiger charge is 2.31. The van der Waals surface area contributed by atoms with Crippen molar-refractivity contribution in [1.29, 1.82) is 0 Å². The van der Waals surface area contributed by atoms with E-state index in [0.29, 0.717) is 18.5 Å². The first-order valence-electron chi connectivity index (χ1n) is 7.86. The van der Waals surface area contributed by atoms with Crippen LogP contribution in [0.25, 0.3) is 0 Å². The Labute approximate surface area is 125 Å². The Bertz CT molecular complexity index is 420. The van der Waals surface area contributed by atoms with Crippen LogP contribution in [0.1, 0.15) is 44.1 Å². The Balaban J connectivity index is 1.56. The molecule has 1 aliphatic heterocycles. The van der Waals surface area contributed by atoms with Gasteiger partial charge < -0.3 is 4.90 Å². The molecule has 20 heavy (non-hydrogen) atoms. The molecular weight excluding hydrogens is 268 g/mol. The van der Waals surface area contributed by atoms with Gasteiger partial charge in [-0.3, -0.25) is 9.69 Å². The summed E-state index contributed by atoms with van der Waals surface area (Å²) in [7, 11) is 0. The fourth-order valence-corrected chi connectivity index (χ4v) is 3.62. The maximum Gasteiger partial charge on any atom is 0.236 e. The molecular formula is C16H24N2OS. The van der Waals surface area contributed by atoms with Crippen molar-refractivity contribution >= 4 is 17.2 Å². The standard InChI is InChI=1S/C16H24N2OS/c19-16(17-8-3-1-2-4-9-17)12-18(15-5-6-15)11-14-7-10-20-13-14/h7,10,13,15H,1-6,8-9,11-12H2. The number of hydrogen-bond acceptors (Lipinski definition) is 3. The summed E-state index contributed by atoms with van der Waals surface area (Å²) in [6, 6.07) is 2.82. The van der Waals surface area contributed by atoms with Gasteiger partial charge in [0, 0.05) is 25.7 Å². The van der Waals surface area contributed by atoms with Gasteiger partial charge in [0.2, 0.25) is 5.91 Å². The third kappa shape index (κ3) is 3.83. The first kappa shape index (κ1) is 14.1. The lowest BCUT2D eigenvalue weighted by molar-refractivity contribution is -0.132. The zero-order valence-electron chi connectivity index (χ0n) is 12.1. The highest BCUT2D eigenvalue weighted by atomic mass is 32.1. The molecule has 0 aromatic carbocycles. The van der Waals surface area contributed by atoms with Crippen molar-refractivity contribution in [2.24, 2.45) is 0 Å². The van der Waals surface area contributed by atoms with Crippen molar-refractivity contribution < 1.29 is 4.79 Å². The second-order valence-electron chi connectivity index (χ2n) is 6.06. The minimum atomic E-state index is 0.342. The van der Waals surface area contributed by atoms with Crippen molar-refractivity contribution in [1.82, 2.24) is 9.80 Å². The van der Waals surface area contributed by atoms with Gasteiger partial charge in [-0.05, 0) is 48.1 Å². The molecule has 0 spiro atoms. The molecule has 0 bridgehead atoms. The van der Waals surface area contributed by atoms with E-state index >= 15 is 0 Å². The number of carbonyl (C=O) groups is 1. The van der Waals surface area contributed by atoms with Crippen molar-refractivity contribution in [3.05, 3.63) is 22.4 Å². The van der Waals surface area contributed by atoms with E-state index in [4.69, 9.17) is 0 Å². The van der Waals surface area contributed by atoms with Gasteiger partial charge in [0.15, 0.2) is 0 Å². The lowest BCUT2D eigenvalue weighted by Crippen LogP contribution is -2.41. The van der Waals surface area contributed by atoms with E-state index < -0.39 is 0 Å². The third-order valence-electron chi connectivity index (χ3n) is 4.33. The van der Waals surface area contributed by atoms with Crippen molar-refractivity contribution in [2.75, 3.05) is 19.6 Å². The Morgan fingerprint density at radius 3 is 2.60 bits per heavy atom. The molecule has 2 aliphatic rings. The zero-order chi connectivity index (χ0) is 13.8. The normalized spacial score (nSPS) is 20.1. The number of carbonyl (C=O) groups excluding carboxylic acids is 1. The number of hydrogen-bond donors (Lipinski definition) is 0. The Hall–Kier alpha value is -0.870. The fourth-order valence-electron chi connectivity index (χ4n) is 2.96. The van der Waals surface area contributed by atoms with E-state index in [1.54, 1.807) is 11.3 Å². The molecule has 1 aromatic rings. The molecule has 3 nitrogen and oxygen atoms in total. The van der Waals surface area contributed by atoms with Crippen LogP contribution < -0.4 is 0 Å². The summed E-state index contributed by atoms with van der Waals surface area (Å²) in [5, 5.41) is 4.32. The van der Waals surface area contributed by atoms with Crippen molar-refractivity contribution in [2.45, 2.75) is 51.1 Å². The Morgan fingerprint density at radius 2 is 2.00 bits per heavy atom. The summed E-state index contributed by atoms with van der Waals surface area (Å²) in [6.45, 7) is 3.49. The van der Waals surface area contributed by atoms with Gasteiger partial charge in [0.1, 0.15) is 0 Å². The lowest BCUT2D eigenvalue weighted by atomic mass is 10.2. The average molecular weight is 292 g/mol. The summed E-state index contributed by atoms with van der Waals surface area (Å²) in [4.78, 5) is 17.0. The Morgan fingerprint density at radius 1 is 1.25 bits per heavy atom. The van der Waals surface area contributed by atoms with Gasteiger partial charge >= 0.3 is 0 Å². The summed E-state index contributed by atoms with van der Waals surface area (Å²) in [5.41, 5.74) is 1.35. The van der Waals surface area contributed by atoms with E-state index in [0.717, 1.165) is 19.6 Å². The summed E-state index contributed by atoms with van der Waals surface area (Å²) in [6.07, 6.45) is 7.45. The van der Waals surface area contributed by atoms with Crippen molar-refractivity contribution in [3.8, 4) is 0 Å². The predicted octanol–water partition coefficient (Wildman–Crippen LogP) is 3.12. The molecule has 2 heterocycles. The molecule has 1 saturated heterocycles. The number of nitrogens with zero attached hydrogens (tertiary/aromatic N) is 2. The van der Waals surface area contributed by atoms with E-state index in [1.807, 2.05) is 0 Å². The van der Waals surface area contributed by atoms with Gasteiger partial charge in [-0.25, -0.2) is 0 Å². The minimum Gasteiger partial charge on any atom is -0.342 e. The van der Waals surface area contributed by atoms with Crippen LogP contribution in [0.5, 0.6) is 0 Å². The number of amides is 1. The van der Waals surface area contributed by atoms with Crippen LogP contribution in [0.15, 0.2) is 16.8 Å². The lowest BCUT2D eigenvalue weighted by Gasteiger charge is -2.26. The van der Waals surface area contributed by atoms with Crippen LogP contribution in [-0.2, 0) is 11.3 Å². The van der Waals surface area contributed by atoms with Crippen LogP contribution in [0.3, 0.4) is 0 Å². The zero-order valence-corrected chi connectivity index (χ0v) is 12.9. The van der Waals surface area contributed by atoms with Crippen LogP contribution in [0.2, 0.25) is 0 Å². The van der Waals surface area contributed by atoms with Gasteiger partial charge in [0.05, 0.1) is 6.54 Å². The maximum absolute atomic E-state index is 12.5. The molecule has 1 aliphatic carbocycles. The average Bonchev–Trinajstić information content (AvgIpc) is 3.23. The number of thiophene rings is 1. The molecule has 0 unspecified atom stereocenters. The van der Waals surface area contributed by atoms with Crippen molar-refractivity contribution in [3.63, 3.8) is 0 Å². The van der Waals surface area contributed by atoms with E-state index in [2.05, 4.69) is 26.6 Å². The molecule has 2 fully saturated rings. The smallest absolute Gasteiger partial charge is 0.236 e. The fraction of sp³-hybridized carbons (Fsp3) is 0.688. The quantitative estimate of drug-likeness (QED) is 0.832. The van der Waals surface area contributed by atoms with Crippen LogP contribution >= 0.6 is 11.3 Å². The van der Waals surface area contributed by atoms with Crippen LogP contribution in [-0.4, -0.2) is 41.4 Å². The molecule has 4 heteroatoms. The van der Waals surface area contributed by atoms with Crippen LogP contribution in [0, 0.1) is 0 Å².